The Balaban J connectivity index is 1.39. The van der Waals surface area contributed by atoms with Gasteiger partial charge < -0.3 is 9.88 Å². The number of amides is 1. The van der Waals surface area contributed by atoms with Crippen LogP contribution in [0.1, 0.15) is 21.9 Å². The summed E-state index contributed by atoms with van der Waals surface area (Å²) in [4.78, 5) is 22.3. The van der Waals surface area contributed by atoms with Gasteiger partial charge in [-0.1, -0.05) is 36.4 Å². The molecule has 5 rings (SSSR count). The molecule has 0 spiro atoms. The first-order valence-corrected chi connectivity index (χ1v) is 10.5. The van der Waals surface area contributed by atoms with Crippen molar-refractivity contribution >= 4 is 5.91 Å². The lowest BCUT2D eigenvalue weighted by atomic mass is 10.0. The molecule has 4 heterocycles. The number of imidazole rings is 1. The zero-order chi connectivity index (χ0) is 22.2. The minimum absolute atomic E-state index is 0.151. The highest BCUT2D eigenvalue weighted by Crippen LogP contribution is 2.26. The molecule has 162 valence electrons. The predicted octanol–water partition coefficient (Wildman–Crippen LogP) is 3.35. The molecule has 7 nitrogen and oxygen atoms in total. The third-order valence-electron chi connectivity index (χ3n) is 5.87. The SMILES string of the molecule is Cc1cccnc1-c1cnn(C)c1C(=O)NC1Cc2nc(-c3ccccc3)cn2CC1F. The molecule has 0 radical (unpaired) electrons. The van der Waals surface area contributed by atoms with Gasteiger partial charge in [0.05, 0.1) is 35.7 Å². The predicted molar refractivity (Wildman–Crippen MR) is 119 cm³/mol. The van der Waals surface area contributed by atoms with Gasteiger partial charge >= 0.3 is 0 Å². The van der Waals surface area contributed by atoms with Gasteiger partial charge in [-0.15, -0.1) is 0 Å². The Kier molecular flexibility index (Phi) is 5.05. The summed E-state index contributed by atoms with van der Waals surface area (Å²) in [6, 6.07) is 12.9. The molecule has 2 atom stereocenters. The number of nitrogens with one attached hydrogen (secondary N) is 1. The van der Waals surface area contributed by atoms with E-state index in [1.165, 1.54) is 4.68 Å². The number of pyridine rings is 1. The first-order valence-electron chi connectivity index (χ1n) is 10.5. The van der Waals surface area contributed by atoms with Crippen LogP contribution in [0.25, 0.3) is 22.5 Å². The first kappa shape index (κ1) is 20.1. The van der Waals surface area contributed by atoms with E-state index in [9.17, 15) is 4.79 Å². The minimum Gasteiger partial charge on any atom is -0.345 e. The average molecular weight is 430 g/mol. The molecule has 0 saturated heterocycles. The van der Waals surface area contributed by atoms with Crippen molar-refractivity contribution < 1.29 is 9.18 Å². The van der Waals surface area contributed by atoms with Gasteiger partial charge in [0.2, 0.25) is 0 Å². The molecule has 4 aromatic rings. The van der Waals surface area contributed by atoms with Gasteiger partial charge in [-0.3, -0.25) is 14.5 Å². The summed E-state index contributed by atoms with van der Waals surface area (Å²) in [6.45, 7) is 2.08. The number of hydrogen-bond donors (Lipinski definition) is 1. The van der Waals surface area contributed by atoms with E-state index in [2.05, 4.69) is 20.4 Å². The summed E-state index contributed by atoms with van der Waals surface area (Å²) in [7, 11) is 1.70. The largest absolute Gasteiger partial charge is 0.345 e. The van der Waals surface area contributed by atoms with Gasteiger partial charge in [0, 0.05) is 31.4 Å². The first-order chi connectivity index (χ1) is 15.5. The lowest BCUT2D eigenvalue weighted by Crippen LogP contribution is -2.48. The maximum Gasteiger partial charge on any atom is 0.270 e. The normalized spacial score (nSPS) is 17.7. The van der Waals surface area contributed by atoms with Crippen LogP contribution in [-0.2, 0) is 20.0 Å². The second-order valence-corrected chi connectivity index (χ2v) is 8.06. The summed E-state index contributed by atoms with van der Waals surface area (Å²) in [5.74, 6) is 0.384. The third-order valence-corrected chi connectivity index (χ3v) is 5.87. The van der Waals surface area contributed by atoms with Crippen LogP contribution in [-0.4, -0.2) is 42.4 Å². The quantitative estimate of drug-likeness (QED) is 0.539. The summed E-state index contributed by atoms with van der Waals surface area (Å²) in [6.07, 6.45) is 4.27. The lowest BCUT2D eigenvalue weighted by molar-refractivity contribution is 0.0881. The van der Waals surface area contributed by atoms with Crippen LogP contribution in [0, 0.1) is 6.92 Å². The van der Waals surface area contributed by atoms with E-state index in [0.29, 0.717) is 23.4 Å². The molecule has 3 aromatic heterocycles. The molecule has 0 aliphatic carbocycles. The van der Waals surface area contributed by atoms with Crippen molar-refractivity contribution in [1.82, 2.24) is 29.6 Å². The number of hydrogen-bond acceptors (Lipinski definition) is 4. The minimum atomic E-state index is -1.22. The zero-order valence-electron chi connectivity index (χ0n) is 17.9. The van der Waals surface area contributed by atoms with Gasteiger partial charge in [-0.05, 0) is 18.6 Å². The van der Waals surface area contributed by atoms with Gasteiger partial charge in [-0.25, -0.2) is 9.37 Å². The van der Waals surface area contributed by atoms with Crippen molar-refractivity contribution in [1.29, 1.82) is 0 Å². The second-order valence-electron chi connectivity index (χ2n) is 8.06. The van der Waals surface area contributed by atoms with Gasteiger partial charge in [0.1, 0.15) is 17.7 Å². The number of carbonyl (C=O) groups excluding carboxylic acids is 1. The molecular weight excluding hydrogens is 407 g/mol. The number of carbonyl (C=O) groups is 1. The Bertz CT molecular complexity index is 1280. The number of aryl methyl sites for hydroxylation is 2. The Hall–Kier alpha value is -3.81. The fraction of sp³-hybridized carbons (Fsp3) is 0.250. The van der Waals surface area contributed by atoms with Crippen LogP contribution in [0.4, 0.5) is 4.39 Å². The highest BCUT2D eigenvalue weighted by molar-refractivity contribution is 5.99. The number of nitrogens with zero attached hydrogens (tertiary/aromatic N) is 5. The van der Waals surface area contributed by atoms with Crippen LogP contribution in [0.15, 0.2) is 61.1 Å². The van der Waals surface area contributed by atoms with E-state index < -0.39 is 12.2 Å². The second kappa shape index (κ2) is 8.03. The number of rotatable bonds is 4. The summed E-state index contributed by atoms with van der Waals surface area (Å²) < 4.78 is 18.4. The molecule has 1 amide bonds. The number of fused-ring (bicyclic) bond motifs is 1. The van der Waals surface area contributed by atoms with E-state index in [0.717, 1.165) is 22.6 Å². The van der Waals surface area contributed by atoms with Crippen molar-refractivity contribution in [3.05, 3.63) is 78.1 Å². The summed E-state index contributed by atoms with van der Waals surface area (Å²) >= 11 is 0. The summed E-state index contributed by atoms with van der Waals surface area (Å²) in [5.41, 5.74) is 4.40. The van der Waals surface area contributed by atoms with E-state index in [1.807, 2.05) is 60.2 Å². The topological polar surface area (TPSA) is 77.6 Å². The molecule has 1 aromatic carbocycles. The Morgan fingerprint density at radius 2 is 2.00 bits per heavy atom. The van der Waals surface area contributed by atoms with E-state index in [4.69, 9.17) is 0 Å². The fourth-order valence-corrected chi connectivity index (χ4v) is 4.19. The average Bonchev–Trinajstić information content (AvgIpc) is 3.38. The Morgan fingerprint density at radius 3 is 2.78 bits per heavy atom. The molecule has 2 unspecified atom stereocenters. The number of aromatic nitrogens is 5. The smallest absolute Gasteiger partial charge is 0.270 e. The van der Waals surface area contributed by atoms with E-state index >= 15 is 4.39 Å². The maximum absolute atomic E-state index is 15.0. The van der Waals surface area contributed by atoms with Crippen LogP contribution < -0.4 is 5.32 Å². The number of alkyl halides is 1. The van der Waals surface area contributed by atoms with E-state index in [1.54, 1.807) is 19.4 Å². The van der Waals surface area contributed by atoms with Gasteiger partial charge in [0.25, 0.3) is 5.91 Å². The van der Waals surface area contributed by atoms with Crippen molar-refractivity contribution in [3.8, 4) is 22.5 Å². The Labute approximate surface area is 184 Å². The monoisotopic (exact) mass is 430 g/mol. The number of halogens is 1. The highest BCUT2D eigenvalue weighted by atomic mass is 19.1. The third kappa shape index (κ3) is 3.57. The van der Waals surface area contributed by atoms with Crippen molar-refractivity contribution in [2.45, 2.75) is 32.1 Å². The van der Waals surface area contributed by atoms with Crippen molar-refractivity contribution in [3.63, 3.8) is 0 Å². The molecule has 1 aliphatic rings. The van der Waals surface area contributed by atoms with Gasteiger partial charge in [0.15, 0.2) is 0 Å². The molecule has 0 fully saturated rings. The highest BCUT2D eigenvalue weighted by Gasteiger charge is 2.33. The maximum atomic E-state index is 15.0. The molecule has 1 N–H and O–H groups in total. The standard InChI is InChI=1S/C24H23FN6O/c1-15-7-6-10-26-22(15)17-12-27-30(2)23(17)24(32)29-19-11-21-28-20(14-31(21)13-18(19)25)16-8-4-3-5-9-16/h3-10,12,14,18-19H,11,13H2,1-2H3,(H,29,32). The van der Waals surface area contributed by atoms with Crippen LogP contribution in [0.2, 0.25) is 0 Å². The van der Waals surface area contributed by atoms with Crippen molar-refractivity contribution in [2.75, 3.05) is 0 Å². The van der Waals surface area contributed by atoms with Gasteiger partial charge in [-0.2, -0.15) is 5.10 Å². The van der Waals surface area contributed by atoms with Crippen LogP contribution >= 0.6 is 0 Å². The van der Waals surface area contributed by atoms with Crippen molar-refractivity contribution in [2.24, 2.45) is 7.05 Å². The van der Waals surface area contributed by atoms with E-state index in [-0.39, 0.29) is 12.5 Å². The molecular formula is C24H23FN6O. The summed E-state index contributed by atoms with van der Waals surface area (Å²) in [5, 5.41) is 7.12. The number of benzene rings is 1. The lowest BCUT2D eigenvalue weighted by Gasteiger charge is -2.28. The molecule has 32 heavy (non-hydrogen) atoms. The molecule has 1 aliphatic heterocycles. The fourth-order valence-electron chi connectivity index (χ4n) is 4.19. The molecule has 0 saturated carbocycles. The molecule has 8 heteroatoms. The Morgan fingerprint density at radius 1 is 1.19 bits per heavy atom. The van der Waals surface area contributed by atoms with Crippen LogP contribution in [0.5, 0.6) is 0 Å². The zero-order valence-corrected chi connectivity index (χ0v) is 17.9. The van der Waals surface area contributed by atoms with Crippen LogP contribution in [0.3, 0.4) is 0 Å². The molecule has 0 bridgehead atoms.